The third kappa shape index (κ3) is 2.60. The molecule has 6 nitrogen and oxygen atoms in total. The second-order valence-corrected chi connectivity index (χ2v) is 6.18. The Kier molecular flexibility index (Phi) is 3.65. The third-order valence-corrected chi connectivity index (χ3v) is 4.75. The standard InChI is InChI=1S/C18H19N5O/c19-18(24)14-11-17(21-16-4-2-1-3-13(14)16)23-9-6-12(7-10-23)15-5-8-20-22-15/h1-5,8,11-12H,6-7,9-10H2,(H2,19,24)(H,20,22). The van der Waals surface area contributed by atoms with Crippen molar-refractivity contribution in [3.63, 3.8) is 0 Å². The van der Waals surface area contributed by atoms with Crippen LogP contribution in [-0.4, -0.2) is 34.2 Å². The van der Waals surface area contributed by atoms with E-state index in [2.05, 4.69) is 15.1 Å². The molecule has 3 N–H and O–H groups in total. The fourth-order valence-electron chi connectivity index (χ4n) is 3.44. The number of primary amides is 1. The number of aromatic amines is 1. The van der Waals surface area contributed by atoms with Gasteiger partial charge in [0.25, 0.3) is 0 Å². The number of nitrogens with one attached hydrogen (secondary N) is 1. The van der Waals surface area contributed by atoms with E-state index in [0.717, 1.165) is 42.7 Å². The lowest BCUT2D eigenvalue weighted by Gasteiger charge is -2.32. The monoisotopic (exact) mass is 321 g/mol. The number of carbonyl (C=O) groups is 1. The molecule has 0 spiro atoms. The average molecular weight is 321 g/mol. The van der Waals surface area contributed by atoms with E-state index in [-0.39, 0.29) is 0 Å². The predicted octanol–water partition coefficient (Wildman–Crippen LogP) is 2.44. The molecule has 122 valence electrons. The van der Waals surface area contributed by atoms with Crippen molar-refractivity contribution in [3.05, 3.63) is 53.9 Å². The number of hydrogen-bond donors (Lipinski definition) is 2. The van der Waals surface area contributed by atoms with Gasteiger partial charge in [-0.1, -0.05) is 18.2 Å². The molecule has 0 bridgehead atoms. The topological polar surface area (TPSA) is 87.9 Å². The smallest absolute Gasteiger partial charge is 0.249 e. The van der Waals surface area contributed by atoms with Gasteiger partial charge in [0, 0.05) is 36.3 Å². The zero-order valence-electron chi connectivity index (χ0n) is 13.3. The van der Waals surface area contributed by atoms with Crippen molar-refractivity contribution in [1.29, 1.82) is 0 Å². The number of nitrogens with two attached hydrogens (primary N) is 1. The summed E-state index contributed by atoms with van der Waals surface area (Å²) in [6.07, 6.45) is 3.86. The molecule has 1 saturated heterocycles. The minimum Gasteiger partial charge on any atom is -0.366 e. The number of rotatable bonds is 3. The van der Waals surface area contributed by atoms with Crippen LogP contribution in [0.5, 0.6) is 0 Å². The molecule has 6 heteroatoms. The van der Waals surface area contributed by atoms with E-state index in [1.807, 2.05) is 36.4 Å². The van der Waals surface area contributed by atoms with Crippen molar-refractivity contribution in [2.24, 2.45) is 5.73 Å². The highest BCUT2D eigenvalue weighted by Crippen LogP contribution is 2.30. The summed E-state index contributed by atoms with van der Waals surface area (Å²) >= 11 is 0. The van der Waals surface area contributed by atoms with Crippen molar-refractivity contribution in [3.8, 4) is 0 Å². The normalized spacial score (nSPS) is 15.8. The maximum absolute atomic E-state index is 11.8. The van der Waals surface area contributed by atoms with E-state index >= 15 is 0 Å². The minimum atomic E-state index is -0.415. The van der Waals surface area contributed by atoms with Crippen molar-refractivity contribution < 1.29 is 4.79 Å². The van der Waals surface area contributed by atoms with Gasteiger partial charge in [0.15, 0.2) is 0 Å². The molecule has 1 aromatic carbocycles. The Hall–Kier alpha value is -2.89. The van der Waals surface area contributed by atoms with Gasteiger partial charge in [-0.15, -0.1) is 0 Å². The molecule has 1 aliphatic rings. The lowest BCUT2D eigenvalue weighted by atomic mass is 9.93. The van der Waals surface area contributed by atoms with E-state index in [1.165, 1.54) is 5.69 Å². The predicted molar refractivity (Wildman–Crippen MR) is 93.0 cm³/mol. The van der Waals surface area contributed by atoms with Gasteiger partial charge in [-0.2, -0.15) is 5.10 Å². The van der Waals surface area contributed by atoms with Gasteiger partial charge in [-0.3, -0.25) is 9.89 Å². The van der Waals surface area contributed by atoms with Crippen molar-refractivity contribution in [1.82, 2.24) is 15.2 Å². The molecule has 1 amide bonds. The molecule has 0 unspecified atom stereocenters. The summed E-state index contributed by atoms with van der Waals surface area (Å²) in [4.78, 5) is 18.8. The van der Waals surface area contributed by atoms with Gasteiger partial charge in [0.1, 0.15) is 5.82 Å². The second kappa shape index (κ2) is 5.96. The number of H-pyrrole nitrogens is 1. The van der Waals surface area contributed by atoms with Gasteiger partial charge in [-0.25, -0.2) is 4.98 Å². The minimum absolute atomic E-state index is 0.415. The van der Waals surface area contributed by atoms with E-state index in [1.54, 1.807) is 6.20 Å². The van der Waals surface area contributed by atoms with Crippen LogP contribution < -0.4 is 10.6 Å². The molecule has 3 aromatic rings. The van der Waals surface area contributed by atoms with E-state index in [9.17, 15) is 4.79 Å². The summed E-state index contributed by atoms with van der Waals surface area (Å²) in [5.41, 5.74) is 8.10. The largest absolute Gasteiger partial charge is 0.366 e. The molecule has 0 radical (unpaired) electrons. The molecule has 24 heavy (non-hydrogen) atoms. The first kappa shape index (κ1) is 14.7. The number of amides is 1. The molecular weight excluding hydrogens is 302 g/mol. The van der Waals surface area contributed by atoms with Crippen LogP contribution >= 0.6 is 0 Å². The summed E-state index contributed by atoms with van der Waals surface area (Å²) in [7, 11) is 0. The SMILES string of the molecule is NC(=O)c1cc(N2CCC(c3ccn[nH]3)CC2)nc2ccccc12. The van der Waals surface area contributed by atoms with Crippen LogP contribution in [0.3, 0.4) is 0 Å². The number of benzene rings is 1. The summed E-state index contributed by atoms with van der Waals surface area (Å²) in [5.74, 6) is 0.910. The molecule has 0 saturated carbocycles. The molecular formula is C18H19N5O. The fraction of sp³-hybridized carbons (Fsp3) is 0.278. The van der Waals surface area contributed by atoms with Crippen LogP contribution in [0.15, 0.2) is 42.6 Å². The van der Waals surface area contributed by atoms with Gasteiger partial charge >= 0.3 is 0 Å². The Morgan fingerprint density at radius 3 is 2.71 bits per heavy atom. The maximum Gasteiger partial charge on any atom is 0.249 e. The molecule has 1 aliphatic heterocycles. The number of fused-ring (bicyclic) bond motifs is 1. The highest BCUT2D eigenvalue weighted by molar-refractivity contribution is 6.06. The lowest BCUT2D eigenvalue weighted by molar-refractivity contribution is 0.100. The Morgan fingerprint density at radius 1 is 1.21 bits per heavy atom. The number of anilines is 1. The van der Waals surface area contributed by atoms with Crippen LogP contribution in [0.2, 0.25) is 0 Å². The first-order chi connectivity index (χ1) is 11.7. The van der Waals surface area contributed by atoms with E-state index in [0.29, 0.717) is 11.5 Å². The summed E-state index contributed by atoms with van der Waals surface area (Å²) in [6, 6.07) is 11.5. The Morgan fingerprint density at radius 2 is 2.00 bits per heavy atom. The number of nitrogens with zero attached hydrogens (tertiary/aromatic N) is 3. The zero-order chi connectivity index (χ0) is 16.5. The number of hydrogen-bond acceptors (Lipinski definition) is 4. The summed E-state index contributed by atoms with van der Waals surface area (Å²) < 4.78 is 0. The molecule has 0 atom stereocenters. The summed E-state index contributed by atoms with van der Waals surface area (Å²) in [5, 5.41) is 7.91. The molecule has 3 heterocycles. The number of aromatic nitrogens is 3. The highest BCUT2D eigenvalue weighted by Gasteiger charge is 2.23. The van der Waals surface area contributed by atoms with E-state index < -0.39 is 5.91 Å². The van der Waals surface area contributed by atoms with Crippen LogP contribution in [0.25, 0.3) is 10.9 Å². The van der Waals surface area contributed by atoms with Crippen molar-refractivity contribution >= 4 is 22.6 Å². The first-order valence-corrected chi connectivity index (χ1v) is 8.16. The van der Waals surface area contributed by atoms with Crippen molar-refractivity contribution in [2.75, 3.05) is 18.0 Å². The van der Waals surface area contributed by atoms with E-state index in [4.69, 9.17) is 10.7 Å². The molecule has 0 aliphatic carbocycles. The average Bonchev–Trinajstić information content (AvgIpc) is 3.15. The van der Waals surface area contributed by atoms with Crippen LogP contribution in [-0.2, 0) is 0 Å². The number of carbonyl (C=O) groups excluding carboxylic acids is 1. The number of piperidine rings is 1. The molecule has 2 aromatic heterocycles. The molecule has 4 rings (SSSR count). The van der Waals surface area contributed by atoms with Gasteiger partial charge < -0.3 is 10.6 Å². The van der Waals surface area contributed by atoms with Gasteiger partial charge in [0.2, 0.25) is 5.91 Å². The van der Waals surface area contributed by atoms with Gasteiger partial charge in [-0.05, 0) is 31.0 Å². The Balaban J connectivity index is 1.62. The third-order valence-electron chi connectivity index (χ3n) is 4.75. The van der Waals surface area contributed by atoms with Crippen LogP contribution in [0, 0.1) is 0 Å². The Bertz CT molecular complexity index is 866. The summed E-state index contributed by atoms with van der Waals surface area (Å²) in [6.45, 7) is 1.79. The highest BCUT2D eigenvalue weighted by atomic mass is 16.1. The first-order valence-electron chi connectivity index (χ1n) is 8.16. The van der Waals surface area contributed by atoms with Crippen molar-refractivity contribution in [2.45, 2.75) is 18.8 Å². The maximum atomic E-state index is 11.8. The number of para-hydroxylation sites is 1. The fourth-order valence-corrected chi connectivity index (χ4v) is 3.44. The number of pyridine rings is 1. The van der Waals surface area contributed by atoms with Crippen LogP contribution in [0.4, 0.5) is 5.82 Å². The lowest BCUT2D eigenvalue weighted by Crippen LogP contribution is -2.33. The Labute approximate surface area is 139 Å². The zero-order valence-corrected chi connectivity index (χ0v) is 13.3. The van der Waals surface area contributed by atoms with Gasteiger partial charge in [0.05, 0.1) is 11.1 Å². The molecule has 1 fully saturated rings. The van der Waals surface area contributed by atoms with Crippen LogP contribution in [0.1, 0.15) is 34.8 Å². The second-order valence-electron chi connectivity index (χ2n) is 6.18. The quantitative estimate of drug-likeness (QED) is 0.775.